The fourth-order valence-electron chi connectivity index (χ4n) is 3.79. The molecule has 41 heavy (non-hydrogen) atoms. The molecule has 1 aromatic carbocycles. The molecule has 3 aromatic rings. The van der Waals surface area contributed by atoms with Crippen LogP contribution in [0.3, 0.4) is 0 Å². The van der Waals surface area contributed by atoms with Crippen molar-refractivity contribution >= 4 is 34.6 Å². The van der Waals surface area contributed by atoms with Crippen molar-refractivity contribution in [2.24, 2.45) is 0 Å². The van der Waals surface area contributed by atoms with E-state index in [1.807, 2.05) is 20.8 Å². The summed E-state index contributed by atoms with van der Waals surface area (Å²) in [6, 6.07) is 4.51. The lowest BCUT2D eigenvalue weighted by atomic mass is 10.1. The smallest absolute Gasteiger partial charge is 0.407 e. The molecule has 0 aliphatic heterocycles. The van der Waals surface area contributed by atoms with Gasteiger partial charge in [0, 0.05) is 32.4 Å². The third kappa shape index (κ3) is 8.65. The first kappa shape index (κ1) is 30.9. The molecule has 0 fully saturated rings. The van der Waals surface area contributed by atoms with Crippen molar-refractivity contribution in [3.8, 4) is 5.75 Å². The average molecular weight is 571 g/mol. The number of likely N-dealkylation sites (N-methyl/N-ethyl adjacent to an activating group) is 1. The van der Waals surface area contributed by atoms with E-state index in [4.69, 9.17) is 4.74 Å². The molecule has 3 rings (SSSR count). The van der Waals surface area contributed by atoms with Crippen LogP contribution < -0.4 is 20.9 Å². The van der Waals surface area contributed by atoms with Crippen LogP contribution in [-0.2, 0) is 20.9 Å². The number of rotatable bonds is 10. The first-order valence-corrected chi connectivity index (χ1v) is 12.9. The molecule has 3 amide bonds. The maximum Gasteiger partial charge on any atom is 0.407 e. The number of hydrogen-bond acceptors (Lipinski definition) is 7. The topological polar surface area (TPSA) is 148 Å². The SMILES string of the molecule is COC(=O)NC(CC/C=C/C(=O)N(C)C)C(=O)Nc1cccn(Cc2nc3cc(F)cc(OC(C)(C)C)c3[nH]2)c1=O. The highest BCUT2D eigenvalue weighted by molar-refractivity contribution is 5.96. The van der Waals surface area contributed by atoms with Crippen molar-refractivity contribution < 1.29 is 28.2 Å². The van der Waals surface area contributed by atoms with Gasteiger partial charge in [-0.05, 0) is 51.8 Å². The highest BCUT2D eigenvalue weighted by atomic mass is 19.1. The number of ether oxygens (including phenoxy) is 2. The highest BCUT2D eigenvalue weighted by Crippen LogP contribution is 2.28. The summed E-state index contributed by atoms with van der Waals surface area (Å²) in [5.41, 5.74) is -0.282. The van der Waals surface area contributed by atoms with E-state index in [9.17, 15) is 23.6 Å². The van der Waals surface area contributed by atoms with Gasteiger partial charge in [-0.2, -0.15) is 0 Å². The van der Waals surface area contributed by atoms with Crippen LogP contribution >= 0.6 is 0 Å². The first-order chi connectivity index (χ1) is 19.3. The van der Waals surface area contributed by atoms with Gasteiger partial charge >= 0.3 is 6.09 Å². The van der Waals surface area contributed by atoms with E-state index in [2.05, 4.69) is 25.3 Å². The lowest BCUT2D eigenvalue weighted by Crippen LogP contribution is -2.44. The van der Waals surface area contributed by atoms with E-state index in [1.165, 1.54) is 47.0 Å². The number of imidazole rings is 1. The van der Waals surface area contributed by atoms with Gasteiger partial charge in [0.2, 0.25) is 11.8 Å². The number of pyridine rings is 1. The standard InChI is InChI=1S/C28H35FN6O6/c1-28(2,3)41-21-15-17(29)14-20-24(21)33-22(30-20)16-35-13-9-11-19(26(35)38)31-25(37)18(32-27(39)40-6)10-7-8-12-23(36)34(4)5/h8-9,11-15,18H,7,10,16H2,1-6H3,(H,30,33)(H,31,37)(H,32,39)/b12-8+. The minimum atomic E-state index is -1.04. The van der Waals surface area contributed by atoms with Crippen molar-refractivity contribution in [3.63, 3.8) is 0 Å². The van der Waals surface area contributed by atoms with Crippen molar-refractivity contribution in [2.75, 3.05) is 26.5 Å². The molecule has 12 nitrogen and oxygen atoms in total. The van der Waals surface area contributed by atoms with Gasteiger partial charge < -0.3 is 34.6 Å². The lowest BCUT2D eigenvalue weighted by molar-refractivity contribution is -0.123. The zero-order valence-corrected chi connectivity index (χ0v) is 23.9. The average Bonchev–Trinajstić information content (AvgIpc) is 3.29. The second-order valence-corrected chi connectivity index (χ2v) is 10.4. The number of carbonyl (C=O) groups is 3. The van der Waals surface area contributed by atoms with Gasteiger partial charge in [0.15, 0.2) is 0 Å². The number of hydrogen-bond donors (Lipinski definition) is 3. The fraction of sp³-hybridized carbons (Fsp3) is 0.393. The number of carbonyl (C=O) groups excluding carboxylic acids is 3. The Bertz CT molecular complexity index is 1500. The number of amides is 3. The van der Waals surface area contributed by atoms with E-state index in [-0.39, 0.29) is 24.6 Å². The number of fused-ring (bicyclic) bond motifs is 1. The van der Waals surface area contributed by atoms with Crippen molar-refractivity contribution in [1.29, 1.82) is 0 Å². The summed E-state index contributed by atoms with van der Waals surface area (Å²) in [4.78, 5) is 58.7. The molecule has 1 unspecified atom stereocenters. The summed E-state index contributed by atoms with van der Waals surface area (Å²) in [6.07, 6.45) is 4.11. The van der Waals surface area contributed by atoms with E-state index >= 15 is 0 Å². The molecule has 1 atom stereocenters. The van der Waals surface area contributed by atoms with Crippen LogP contribution in [0.25, 0.3) is 11.0 Å². The number of alkyl carbamates (subject to hydrolysis) is 1. The molecule has 2 heterocycles. The summed E-state index contributed by atoms with van der Waals surface area (Å²) in [5.74, 6) is -0.694. The van der Waals surface area contributed by atoms with Crippen LogP contribution in [0.2, 0.25) is 0 Å². The van der Waals surface area contributed by atoms with Crippen LogP contribution in [0.15, 0.2) is 47.4 Å². The predicted molar refractivity (Wildman–Crippen MR) is 151 cm³/mol. The number of benzene rings is 1. The Balaban J connectivity index is 1.79. The van der Waals surface area contributed by atoms with Gasteiger partial charge in [-0.1, -0.05) is 6.08 Å². The number of aromatic nitrogens is 3. The van der Waals surface area contributed by atoms with Crippen LogP contribution in [0.4, 0.5) is 14.9 Å². The Labute approximate surface area is 236 Å². The van der Waals surface area contributed by atoms with Crippen LogP contribution in [-0.4, -0.2) is 70.2 Å². The van der Waals surface area contributed by atoms with Gasteiger partial charge in [0.25, 0.3) is 5.56 Å². The molecule has 0 saturated carbocycles. The molecule has 13 heteroatoms. The van der Waals surface area contributed by atoms with Gasteiger partial charge in [-0.3, -0.25) is 14.4 Å². The van der Waals surface area contributed by atoms with Crippen LogP contribution in [0.5, 0.6) is 5.75 Å². The Morgan fingerprint density at radius 3 is 2.63 bits per heavy atom. The number of halogens is 1. The van der Waals surface area contributed by atoms with Crippen molar-refractivity contribution in [2.45, 2.75) is 51.8 Å². The van der Waals surface area contributed by atoms with Crippen LogP contribution in [0, 0.1) is 5.82 Å². The van der Waals surface area contributed by atoms with Crippen molar-refractivity contribution in [1.82, 2.24) is 24.8 Å². The summed E-state index contributed by atoms with van der Waals surface area (Å²) < 4.78 is 26.0. The second kappa shape index (κ2) is 13.1. The minimum Gasteiger partial charge on any atom is -0.486 e. The summed E-state index contributed by atoms with van der Waals surface area (Å²) in [7, 11) is 4.39. The minimum absolute atomic E-state index is 0.00232. The normalized spacial score (nSPS) is 12.3. The number of nitrogens with zero attached hydrogens (tertiary/aromatic N) is 3. The molecule has 0 bridgehead atoms. The number of H-pyrrole nitrogens is 1. The Hall–Kier alpha value is -4.68. The number of anilines is 1. The fourth-order valence-corrected chi connectivity index (χ4v) is 3.79. The number of methoxy groups -OCH3 is 1. The second-order valence-electron chi connectivity index (χ2n) is 10.4. The molecular weight excluding hydrogens is 535 g/mol. The molecule has 2 aromatic heterocycles. The predicted octanol–water partition coefficient (Wildman–Crippen LogP) is 3.18. The summed E-state index contributed by atoms with van der Waals surface area (Å²) >= 11 is 0. The van der Waals surface area contributed by atoms with E-state index in [0.29, 0.717) is 29.0 Å². The maximum absolute atomic E-state index is 14.2. The van der Waals surface area contributed by atoms with Crippen molar-refractivity contribution in [3.05, 3.63) is 64.6 Å². The molecule has 0 aliphatic carbocycles. The zero-order chi connectivity index (χ0) is 30.3. The van der Waals surface area contributed by atoms with E-state index in [1.54, 1.807) is 26.2 Å². The van der Waals surface area contributed by atoms with Gasteiger partial charge in [-0.15, -0.1) is 0 Å². The number of nitrogens with one attached hydrogen (secondary N) is 3. The Morgan fingerprint density at radius 2 is 1.98 bits per heavy atom. The van der Waals surface area contributed by atoms with Crippen LogP contribution in [0.1, 0.15) is 39.4 Å². The molecule has 220 valence electrons. The number of aromatic amines is 1. The lowest BCUT2D eigenvalue weighted by Gasteiger charge is -2.21. The molecule has 0 spiro atoms. The molecule has 0 radical (unpaired) electrons. The van der Waals surface area contributed by atoms with Gasteiger partial charge in [0.05, 0.1) is 19.2 Å². The third-order valence-electron chi connectivity index (χ3n) is 5.70. The molecule has 0 saturated heterocycles. The molecule has 0 aliphatic rings. The van der Waals surface area contributed by atoms with E-state index in [0.717, 1.165) is 0 Å². The largest absolute Gasteiger partial charge is 0.486 e. The zero-order valence-electron chi connectivity index (χ0n) is 23.9. The first-order valence-electron chi connectivity index (χ1n) is 12.9. The third-order valence-corrected chi connectivity index (χ3v) is 5.70. The summed E-state index contributed by atoms with van der Waals surface area (Å²) in [6.45, 7) is 5.53. The number of allylic oxidation sites excluding steroid dienone is 1. The Kier molecular flexibility index (Phi) is 9.87. The van der Waals surface area contributed by atoms with Gasteiger partial charge in [-0.25, -0.2) is 14.2 Å². The summed E-state index contributed by atoms with van der Waals surface area (Å²) in [5, 5.41) is 5.00. The maximum atomic E-state index is 14.2. The van der Waals surface area contributed by atoms with E-state index < -0.39 is 35.0 Å². The monoisotopic (exact) mass is 570 g/mol. The van der Waals surface area contributed by atoms with Gasteiger partial charge in [0.1, 0.15) is 40.2 Å². The highest BCUT2D eigenvalue weighted by Gasteiger charge is 2.22. The Morgan fingerprint density at radius 1 is 1.24 bits per heavy atom. The molecular formula is C28H35FN6O6. The molecule has 3 N–H and O–H groups in total. The quantitative estimate of drug-likeness (QED) is 0.317.